The molecule has 9 aromatic rings. The second-order valence-corrected chi connectivity index (χ2v) is 10.7. The van der Waals surface area contributed by atoms with Crippen molar-refractivity contribution in [3.8, 4) is 34.3 Å². The first-order valence-electron chi connectivity index (χ1n) is 14.2. The van der Waals surface area contributed by atoms with Gasteiger partial charge in [-0.3, -0.25) is 0 Å². The predicted octanol–water partition coefficient (Wildman–Crippen LogP) is 9.63. The number of hydrogen-bond donors (Lipinski definition) is 0. The van der Waals surface area contributed by atoms with E-state index in [0.717, 1.165) is 49.4 Å². The molecule has 5 heteroatoms. The van der Waals surface area contributed by atoms with Gasteiger partial charge in [0.25, 0.3) is 0 Å². The Kier molecular flexibility index (Phi) is 5.13. The van der Waals surface area contributed by atoms with Crippen LogP contribution in [0, 0.1) is 0 Å². The summed E-state index contributed by atoms with van der Waals surface area (Å²) in [5.74, 6) is 1.71. The van der Waals surface area contributed by atoms with E-state index in [1.807, 2.05) is 54.6 Å². The van der Waals surface area contributed by atoms with Crippen LogP contribution >= 0.6 is 0 Å². The Hall–Kier alpha value is -5.94. The monoisotopic (exact) mass is 550 g/mol. The molecule has 5 nitrogen and oxygen atoms in total. The van der Waals surface area contributed by atoms with Crippen LogP contribution in [-0.2, 0) is 0 Å². The van der Waals surface area contributed by atoms with Crippen molar-refractivity contribution in [3.63, 3.8) is 0 Å². The molecule has 0 saturated carbocycles. The summed E-state index contributed by atoms with van der Waals surface area (Å²) in [7, 11) is 0. The van der Waals surface area contributed by atoms with E-state index in [2.05, 4.69) is 78.9 Å². The Morgan fingerprint density at radius 1 is 0.372 bits per heavy atom. The van der Waals surface area contributed by atoms with Crippen LogP contribution < -0.4 is 0 Å². The summed E-state index contributed by atoms with van der Waals surface area (Å²) in [6.45, 7) is 0. The van der Waals surface area contributed by atoms with E-state index in [4.69, 9.17) is 24.4 Å². The maximum absolute atomic E-state index is 6.08. The highest BCUT2D eigenvalue weighted by Gasteiger charge is 2.16. The van der Waals surface area contributed by atoms with Crippen molar-refractivity contribution in [1.29, 1.82) is 0 Å². The minimum absolute atomic E-state index is 0.529. The normalized spacial score (nSPS) is 11.7. The number of aromatic nitrogens is 4. The molecule has 3 heterocycles. The molecule has 0 atom stereocenters. The Balaban J connectivity index is 1.26. The lowest BCUT2D eigenvalue weighted by atomic mass is 10.00. The number of nitrogens with zero attached hydrogens (tertiary/aromatic N) is 4. The van der Waals surface area contributed by atoms with Gasteiger partial charge >= 0.3 is 0 Å². The van der Waals surface area contributed by atoms with Crippen molar-refractivity contribution in [2.45, 2.75) is 0 Å². The molecule has 0 saturated heterocycles. The van der Waals surface area contributed by atoms with Crippen molar-refractivity contribution >= 4 is 54.4 Å². The molecule has 9 rings (SSSR count). The number of hydrogen-bond acceptors (Lipinski definition) is 5. The number of furan rings is 1. The summed E-state index contributed by atoms with van der Waals surface area (Å²) >= 11 is 0. The summed E-state index contributed by atoms with van der Waals surface area (Å²) in [5, 5.41) is 7.94. The maximum atomic E-state index is 6.08. The van der Waals surface area contributed by atoms with Crippen LogP contribution in [0.4, 0.5) is 0 Å². The Bertz CT molecular complexity index is 2530. The zero-order chi connectivity index (χ0) is 28.3. The van der Waals surface area contributed by atoms with Crippen molar-refractivity contribution in [1.82, 2.24) is 19.9 Å². The van der Waals surface area contributed by atoms with E-state index < -0.39 is 0 Å². The Morgan fingerprint density at radius 2 is 1.00 bits per heavy atom. The number of rotatable bonds is 3. The van der Waals surface area contributed by atoms with Gasteiger partial charge in [0.15, 0.2) is 17.5 Å². The highest BCUT2D eigenvalue weighted by molar-refractivity contribution is 6.08. The van der Waals surface area contributed by atoms with Gasteiger partial charge in [0, 0.05) is 27.3 Å². The molecule has 0 amide bonds. The third kappa shape index (κ3) is 3.94. The zero-order valence-electron chi connectivity index (χ0n) is 22.9. The molecule has 0 bridgehead atoms. The van der Waals surface area contributed by atoms with Gasteiger partial charge in [0.05, 0.1) is 5.52 Å². The van der Waals surface area contributed by atoms with Crippen LogP contribution in [-0.4, -0.2) is 19.9 Å². The van der Waals surface area contributed by atoms with Crippen molar-refractivity contribution < 1.29 is 4.42 Å². The smallest absolute Gasteiger partial charge is 0.182 e. The van der Waals surface area contributed by atoms with Crippen molar-refractivity contribution in [2.24, 2.45) is 0 Å². The number of fused-ring (bicyclic) bond motifs is 7. The van der Waals surface area contributed by atoms with Gasteiger partial charge in [0.2, 0.25) is 0 Å². The fraction of sp³-hybridized carbons (Fsp3) is 0. The molecule has 3 aromatic heterocycles. The van der Waals surface area contributed by atoms with Crippen molar-refractivity contribution in [3.05, 3.63) is 133 Å². The summed E-state index contributed by atoms with van der Waals surface area (Å²) < 4.78 is 6.08. The summed E-state index contributed by atoms with van der Waals surface area (Å²) in [5.41, 5.74) is 5.09. The van der Waals surface area contributed by atoms with Gasteiger partial charge in [-0.15, -0.1) is 0 Å². The van der Waals surface area contributed by atoms with Gasteiger partial charge in [-0.2, -0.15) is 0 Å². The molecule has 0 spiro atoms. The predicted molar refractivity (Wildman–Crippen MR) is 174 cm³/mol. The molecular formula is C38H22N4O. The number of para-hydroxylation sites is 2. The van der Waals surface area contributed by atoms with Gasteiger partial charge in [0.1, 0.15) is 16.9 Å². The maximum Gasteiger partial charge on any atom is 0.182 e. The quantitative estimate of drug-likeness (QED) is 0.205. The SMILES string of the molecule is c1ccc2nc(-c3nc(-c4ccc5c(ccc6ccccc65)c4)nc(-c4ccc5oc6ccccc6c5c4)n3)ccc2c1. The minimum atomic E-state index is 0.529. The molecular weight excluding hydrogens is 528 g/mol. The van der Waals surface area contributed by atoms with Crippen molar-refractivity contribution in [2.75, 3.05) is 0 Å². The second-order valence-electron chi connectivity index (χ2n) is 10.7. The van der Waals surface area contributed by atoms with Crippen LogP contribution in [0.15, 0.2) is 138 Å². The van der Waals surface area contributed by atoms with Gasteiger partial charge in [-0.1, -0.05) is 91.0 Å². The lowest BCUT2D eigenvalue weighted by Crippen LogP contribution is -2.01. The second kappa shape index (κ2) is 9.29. The molecule has 0 N–H and O–H groups in total. The largest absolute Gasteiger partial charge is 0.456 e. The first kappa shape index (κ1) is 23.7. The Labute approximate surface area is 246 Å². The lowest BCUT2D eigenvalue weighted by molar-refractivity contribution is 0.669. The lowest BCUT2D eigenvalue weighted by Gasteiger charge is -2.10. The zero-order valence-corrected chi connectivity index (χ0v) is 22.9. The van der Waals surface area contributed by atoms with Crippen LogP contribution in [0.3, 0.4) is 0 Å². The molecule has 6 aromatic carbocycles. The van der Waals surface area contributed by atoms with Gasteiger partial charge in [-0.25, -0.2) is 19.9 Å². The van der Waals surface area contributed by atoms with E-state index in [0.29, 0.717) is 23.2 Å². The average molecular weight is 551 g/mol. The molecule has 0 fully saturated rings. The average Bonchev–Trinajstić information content (AvgIpc) is 3.45. The van der Waals surface area contributed by atoms with E-state index >= 15 is 0 Å². The van der Waals surface area contributed by atoms with Crippen LogP contribution in [0.1, 0.15) is 0 Å². The van der Waals surface area contributed by atoms with Crippen LogP contribution in [0.5, 0.6) is 0 Å². The highest BCUT2D eigenvalue weighted by atomic mass is 16.3. The van der Waals surface area contributed by atoms with E-state index in [1.165, 1.54) is 16.2 Å². The topological polar surface area (TPSA) is 64.7 Å². The summed E-state index contributed by atoms with van der Waals surface area (Å²) in [6, 6.07) is 45.5. The summed E-state index contributed by atoms with van der Waals surface area (Å²) in [4.78, 5) is 19.9. The highest BCUT2D eigenvalue weighted by Crippen LogP contribution is 2.34. The van der Waals surface area contributed by atoms with Gasteiger partial charge < -0.3 is 4.42 Å². The number of benzene rings is 6. The molecule has 0 aliphatic heterocycles. The van der Waals surface area contributed by atoms with E-state index in [9.17, 15) is 0 Å². The van der Waals surface area contributed by atoms with E-state index in [1.54, 1.807) is 0 Å². The summed E-state index contributed by atoms with van der Waals surface area (Å²) in [6.07, 6.45) is 0. The minimum Gasteiger partial charge on any atom is -0.456 e. The number of pyridine rings is 1. The third-order valence-corrected chi connectivity index (χ3v) is 8.10. The first-order chi connectivity index (χ1) is 21.3. The fourth-order valence-electron chi connectivity index (χ4n) is 5.96. The molecule has 0 radical (unpaired) electrons. The molecule has 0 aliphatic rings. The third-order valence-electron chi connectivity index (χ3n) is 8.10. The fourth-order valence-corrected chi connectivity index (χ4v) is 5.96. The molecule has 43 heavy (non-hydrogen) atoms. The first-order valence-corrected chi connectivity index (χ1v) is 14.2. The van der Waals surface area contributed by atoms with Gasteiger partial charge in [-0.05, 0) is 64.0 Å². The van der Waals surface area contributed by atoms with Crippen LogP contribution in [0.25, 0.3) is 88.7 Å². The van der Waals surface area contributed by atoms with Crippen LogP contribution in [0.2, 0.25) is 0 Å². The van der Waals surface area contributed by atoms with E-state index in [-0.39, 0.29) is 0 Å². The molecule has 0 unspecified atom stereocenters. The molecule has 0 aliphatic carbocycles. The standard InChI is InChI=1S/C38H22N4O/c1-3-9-28-23(7-1)13-14-25-21-26(15-18-29(25)28)36-40-37(27-17-20-35-31(22-27)30-10-4-6-12-34(30)43-35)42-38(41-36)33-19-16-24-8-2-5-11-32(24)39-33/h1-22H. The molecule has 200 valence electrons. The Morgan fingerprint density at radius 3 is 1.91 bits per heavy atom.